The van der Waals surface area contributed by atoms with Gasteiger partial charge in [0.15, 0.2) is 5.65 Å². The summed E-state index contributed by atoms with van der Waals surface area (Å²) in [5, 5.41) is 5.61. The fraction of sp³-hybridized carbons (Fsp3) is 0.357. The Morgan fingerprint density at radius 1 is 0.972 bits per heavy atom. The Morgan fingerprint density at radius 2 is 1.75 bits per heavy atom. The van der Waals surface area contributed by atoms with Crippen molar-refractivity contribution in [2.45, 2.75) is 26.7 Å². The Bertz CT molecular complexity index is 1330. The van der Waals surface area contributed by atoms with E-state index in [0.717, 1.165) is 53.5 Å². The van der Waals surface area contributed by atoms with E-state index >= 15 is 0 Å². The molecular formula is C28H32N6O2. The van der Waals surface area contributed by atoms with Gasteiger partial charge >= 0.3 is 0 Å². The zero-order valence-corrected chi connectivity index (χ0v) is 21.1. The third-order valence-electron chi connectivity index (χ3n) is 6.47. The monoisotopic (exact) mass is 484 g/mol. The van der Waals surface area contributed by atoms with Crippen molar-refractivity contribution < 1.29 is 9.53 Å². The molecular weight excluding hydrogens is 452 g/mol. The average Bonchev–Trinajstić information content (AvgIpc) is 3.17. The van der Waals surface area contributed by atoms with Crippen molar-refractivity contribution in [3.63, 3.8) is 0 Å². The fourth-order valence-electron chi connectivity index (χ4n) is 4.64. The van der Waals surface area contributed by atoms with Crippen LogP contribution in [-0.4, -0.2) is 63.8 Å². The predicted octanol–water partition coefficient (Wildman–Crippen LogP) is 4.38. The van der Waals surface area contributed by atoms with Crippen molar-refractivity contribution in [1.29, 1.82) is 0 Å². The van der Waals surface area contributed by atoms with Crippen LogP contribution >= 0.6 is 0 Å². The Kier molecular flexibility index (Phi) is 6.84. The van der Waals surface area contributed by atoms with E-state index in [1.807, 2.05) is 70.4 Å². The Labute approximate surface area is 211 Å². The molecule has 0 spiro atoms. The van der Waals surface area contributed by atoms with E-state index in [0.29, 0.717) is 31.1 Å². The zero-order valence-electron chi connectivity index (χ0n) is 21.1. The van der Waals surface area contributed by atoms with Gasteiger partial charge in [-0.1, -0.05) is 32.0 Å². The molecule has 5 rings (SSSR count). The van der Waals surface area contributed by atoms with Crippen LogP contribution in [0.4, 0.5) is 5.82 Å². The van der Waals surface area contributed by atoms with E-state index in [-0.39, 0.29) is 5.91 Å². The lowest BCUT2D eigenvalue weighted by molar-refractivity contribution is 0.0767. The van der Waals surface area contributed by atoms with E-state index in [2.05, 4.69) is 23.8 Å². The van der Waals surface area contributed by atoms with Crippen molar-refractivity contribution in [2.75, 3.05) is 38.2 Å². The van der Waals surface area contributed by atoms with Crippen molar-refractivity contribution >= 4 is 22.8 Å². The molecule has 186 valence electrons. The summed E-state index contributed by atoms with van der Waals surface area (Å²) in [4.78, 5) is 27.3. The third kappa shape index (κ3) is 4.89. The number of nitrogens with zero attached hydrogens (tertiary/aromatic N) is 6. The molecule has 0 atom stereocenters. The summed E-state index contributed by atoms with van der Waals surface area (Å²) in [7, 11) is 1.63. The molecule has 0 saturated carbocycles. The first kappa shape index (κ1) is 23.8. The van der Waals surface area contributed by atoms with E-state index in [9.17, 15) is 4.79 Å². The summed E-state index contributed by atoms with van der Waals surface area (Å²) >= 11 is 0. The maximum Gasteiger partial charge on any atom is 0.253 e. The quantitative estimate of drug-likeness (QED) is 0.404. The van der Waals surface area contributed by atoms with Crippen molar-refractivity contribution in [1.82, 2.24) is 24.6 Å². The molecule has 4 aromatic rings. The van der Waals surface area contributed by atoms with Gasteiger partial charge in [-0.2, -0.15) is 5.10 Å². The van der Waals surface area contributed by atoms with Crippen LogP contribution in [0.2, 0.25) is 0 Å². The molecule has 2 aromatic heterocycles. The number of methoxy groups -OCH3 is 1. The van der Waals surface area contributed by atoms with Crippen LogP contribution in [0.5, 0.6) is 5.75 Å². The molecule has 1 saturated heterocycles. The van der Waals surface area contributed by atoms with Crippen LogP contribution in [0.15, 0.2) is 60.8 Å². The van der Waals surface area contributed by atoms with Crippen LogP contribution < -0.4 is 9.64 Å². The maximum absolute atomic E-state index is 13.2. The van der Waals surface area contributed by atoms with Crippen LogP contribution in [-0.2, 0) is 6.42 Å². The lowest BCUT2D eigenvalue weighted by atomic mass is 10.1. The van der Waals surface area contributed by atoms with E-state index in [1.54, 1.807) is 7.11 Å². The number of carbonyl (C=O) groups excluding carboxylic acids is 1. The molecule has 1 aliphatic heterocycles. The van der Waals surface area contributed by atoms with Crippen LogP contribution in [0.1, 0.15) is 36.5 Å². The molecule has 0 unspecified atom stereocenters. The minimum atomic E-state index is 0.0460. The second-order valence-electron chi connectivity index (χ2n) is 9.55. The maximum atomic E-state index is 13.2. The third-order valence-corrected chi connectivity index (χ3v) is 6.47. The Hall–Kier alpha value is -3.94. The molecule has 1 aliphatic rings. The number of anilines is 1. The van der Waals surface area contributed by atoms with Gasteiger partial charge in [0, 0.05) is 38.2 Å². The minimum absolute atomic E-state index is 0.0460. The number of ether oxygens (including phenoxy) is 1. The molecule has 8 heteroatoms. The van der Waals surface area contributed by atoms with Crippen LogP contribution in [0.25, 0.3) is 16.7 Å². The van der Waals surface area contributed by atoms with Crippen LogP contribution in [0, 0.1) is 5.92 Å². The number of hydrogen-bond acceptors (Lipinski definition) is 6. The lowest BCUT2D eigenvalue weighted by Gasteiger charge is -2.24. The van der Waals surface area contributed by atoms with E-state index in [1.165, 1.54) is 0 Å². The van der Waals surface area contributed by atoms with Crippen molar-refractivity contribution in [3.05, 3.63) is 72.2 Å². The highest BCUT2D eigenvalue weighted by Crippen LogP contribution is 2.27. The molecule has 0 radical (unpaired) electrons. The summed E-state index contributed by atoms with van der Waals surface area (Å²) in [6.07, 6.45) is 3.51. The second-order valence-corrected chi connectivity index (χ2v) is 9.55. The van der Waals surface area contributed by atoms with Gasteiger partial charge in [0.2, 0.25) is 0 Å². The van der Waals surface area contributed by atoms with Crippen molar-refractivity contribution in [3.8, 4) is 11.4 Å². The molecule has 3 heterocycles. The Balaban J connectivity index is 1.44. The average molecular weight is 485 g/mol. The largest absolute Gasteiger partial charge is 0.497 e. The predicted molar refractivity (Wildman–Crippen MR) is 141 cm³/mol. The van der Waals surface area contributed by atoms with Gasteiger partial charge < -0.3 is 14.5 Å². The summed E-state index contributed by atoms with van der Waals surface area (Å²) < 4.78 is 7.12. The number of carbonyl (C=O) groups is 1. The summed E-state index contributed by atoms with van der Waals surface area (Å²) in [6, 6.07) is 17.4. The smallest absolute Gasteiger partial charge is 0.253 e. The molecule has 8 nitrogen and oxygen atoms in total. The summed E-state index contributed by atoms with van der Waals surface area (Å²) in [6.45, 7) is 7.20. The lowest BCUT2D eigenvalue weighted by Crippen LogP contribution is -2.35. The number of benzene rings is 2. The van der Waals surface area contributed by atoms with E-state index < -0.39 is 0 Å². The number of aromatic nitrogens is 4. The topological polar surface area (TPSA) is 76.4 Å². The molecule has 2 aromatic carbocycles. The number of rotatable bonds is 6. The number of para-hydroxylation sites is 1. The summed E-state index contributed by atoms with van der Waals surface area (Å²) in [5.74, 6) is 2.95. The van der Waals surface area contributed by atoms with Gasteiger partial charge in [0.05, 0.1) is 24.4 Å². The first-order valence-electron chi connectivity index (χ1n) is 12.5. The molecule has 0 aliphatic carbocycles. The highest BCUT2D eigenvalue weighted by atomic mass is 16.5. The molecule has 0 N–H and O–H groups in total. The number of fused-ring (bicyclic) bond motifs is 1. The SMILES string of the molecule is COc1ccc(C(=O)N2CCCN(c3nc(CC(C)C)nc4c3cnn4-c3ccccc3)CC2)cc1. The van der Waals surface area contributed by atoms with Gasteiger partial charge in [-0.3, -0.25) is 4.79 Å². The zero-order chi connectivity index (χ0) is 25.1. The first-order chi connectivity index (χ1) is 17.5. The molecule has 36 heavy (non-hydrogen) atoms. The van der Waals surface area contributed by atoms with Crippen LogP contribution in [0.3, 0.4) is 0 Å². The van der Waals surface area contributed by atoms with Gasteiger partial charge in [0.1, 0.15) is 17.4 Å². The highest BCUT2D eigenvalue weighted by molar-refractivity contribution is 5.94. The summed E-state index contributed by atoms with van der Waals surface area (Å²) in [5.41, 5.74) is 2.47. The Morgan fingerprint density at radius 3 is 2.47 bits per heavy atom. The van der Waals surface area contributed by atoms with Gasteiger partial charge in [-0.15, -0.1) is 0 Å². The highest BCUT2D eigenvalue weighted by Gasteiger charge is 2.24. The fourth-order valence-corrected chi connectivity index (χ4v) is 4.64. The molecule has 1 fully saturated rings. The number of hydrogen-bond donors (Lipinski definition) is 0. The second kappa shape index (κ2) is 10.4. The van der Waals surface area contributed by atoms with Gasteiger partial charge in [0.25, 0.3) is 5.91 Å². The number of amides is 1. The van der Waals surface area contributed by atoms with Gasteiger partial charge in [-0.25, -0.2) is 14.6 Å². The molecule has 0 bridgehead atoms. The van der Waals surface area contributed by atoms with Gasteiger partial charge in [-0.05, 0) is 48.7 Å². The van der Waals surface area contributed by atoms with E-state index in [4.69, 9.17) is 14.7 Å². The normalized spacial score (nSPS) is 14.3. The molecule has 1 amide bonds. The van der Waals surface area contributed by atoms with Crippen molar-refractivity contribution in [2.24, 2.45) is 5.92 Å². The standard InChI is InChI=1S/C28H32N6O2/c1-20(2)18-25-30-26(24-19-29-34(27(24)31-25)22-8-5-4-6-9-22)32-14-7-15-33(17-16-32)28(35)21-10-12-23(36-3)13-11-21/h4-6,8-13,19-20H,7,14-18H2,1-3H3. The minimum Gasteiger partial charge on any atom is -0.497 e. The first-order valence-corrected chi connectivity index (χ1v) is 12.5.